The molecule has 8 heteroatoms. The second-order valence-corrected chi connectivity index (χ2v) is 5.37. The molecular weight excluding hydrogens is 311 g/mol. The molecule has 1 unspecified atom stereocenters. The lowest BCUT2D eigenvalue weighted by Crippen LogP contribution is -2.39. The SMILES string of the molecule is O=C(C(O)c1ccccc1C(F)(F)F)N1CCc2[nH]ncc2C1. The van der Waals surface area contributed by atoms with Gasteiger partial charge in [0.05, 0.1) is 11.8 Å². The number of amides is 1. The maximum absolute atomic E-state index is 13.0. The molecule has 0 spiro atoms. The smallest absolute Gasteiger partial charge is 0.378 e. The zero-order valence-corrected chi connectivity index (χ0v) is 12.0. The van der Waals surface area contributed by atoms with Crippen molar-refractivity contribution in [1.29, 1.82) is 0 Å². The van der Waals surface area contributed by atoms with Crippen LogP contribution in [0.2, 0.25) is 0 Å². The van der Waals surface area contributed by atoms with Crippen LogP contribution < -0.4 is 0 Å². The monoisotopic (exact) mass is 325 g/mol. The molecule has 5 nitrogen and oxygen atoms in total. The third-order valence-corrected chi connectivity index (χ3v) is 3.91. The maximum atomic E-state index is 13.0. The minimum atomic E-state index is -4.63. The number of aromatic nitrogens is 2. The zero-order valence-electron chi connectivity index (χ0n) is 12.0. The summed E-state index contributed by atoms with van der Waals surface area (Å²) in [6, 6.07) is 4.57. The van der Waals surface area contributed by atoms with Crippen molar-refractivity contribution in [1.82, 2.24) is 15.1 Å². The van der Waals surface area contributed by atoms with Crippen molar-refractivity contribution in [2.24, 2.45) is 0 Å². The van der Waals surface area contributed by atoms with E-state index in [0.717, 1.165) is 23.4 Å². The fourth-order valence-electron chi connectivity index (χ4n) is 2.71. The van der Waals surface area contributed by atoms with E-state index in [4.69, 9.17) is 0 Å². The number of carbonyl (C=O) groups is 1. The van der Waals surface area contributed by atoms with E-state index in [2.05, 4.69) is 10.2 Å². The molecule has 2 heterocycles. The highest BCUT2D eigenvalue weighted by Gasteiger charge is 2.37. The van der Waals surface area contributed by atoms with E-state index < -0.39 is 29.3 Å². The van der Waals surface area contributed by atoms with Gasteiger partial charge in [-0.25, -0.2) is 0 Å². The number of aromatic amines is 1. The van der Waals surface area contributed by atoms with E-state index in [1.165, 1.54) is 17.0 Å². The van der Waals surface area contributed by atoms with Gasteiger partial charge in [0.15, 0.2) is 6.10 Å². The molecule has 0 radical (unpaired) electrons. The van der Waals surface area contributed by atoms with Crippen LogP contribution in [-0.4, -0.2) is 32.7 Å². The summed E-state index contributed by atoms with van der Waals surface area (Å²) in [4.78, 5) is 13.7. The van der Waals surface area contributed by atoms with Gasteiger partial charge >= 0.3 is 6.18 Å². The second-order valence-electron chi connectivity index (χ2n) is 5.37. The summed E-state index contributed by atoms with van der Waals surface area (Å²) in [6.07, 6.45) is -4.38. The molecular formula is C15H14F3N3O2. The molecule has 122 valence electrons. The van der Waals surface area contributed by atoms with Crippen LogP contribution in [0.4, 0.5) is 13.2 Å². The fourth-order valence-corrected chi connectivity index (χ4v) is 2.71. The average molecular weight is 325 g/mol. The minimum Gasteiger partial charge on any atom is -0.378 e. The van der Waals surface area contributed by atoms with Gasteiger partial charge in [0.1, 0.15) is 0 Å². The molecule has 2 aromatic rings. The first-order valence-corrected chi connectivity index (χ1v) is 7.02. The number of benzene rings is 1. The van der Waals surface area contributed by atoms with Gasteiger partial charge in [0, 0.05) is 36.3 Å². The predicted octanol–water partition coefficient (Wildman–Crippen LogP) is 2.05. The summed E-state index contributed by atoms with van der Waals surface area (Å²) in [7, 11) is 0. The molecule has 0 bridgehead atoms. The number of fused-ring (bicyclic) bond motifs is 1. The molecule has 0 saturated carbocycles. The number of alkyl halides is 3. The predicted molar refractivity (Wildman–Crippen MR) is 74.1 cm³/mol. The van der Waals surface area contributed by atoms with Crippen molar-refractivity contribution < 1.29 is 23.1 Å². The molecule has 23 heavy (non-hydrogen) atoms. The number of rotatable bonds is 2. The Morgan fingerprint density at radius 1 is 1.35 bits per heavy atom. The maximum Gasteiger partial charge on any atom is 0.416 e. The van der Waals surface area contributed by atoms with Gasteiger partial charge in [-0.15, -0.1) is 0 Å². The van der Waals surface area contributed by atoms with E-state index >= 15 is 0 Å². The lowest BCUT2D eigenvalue weighted by atomic mass is 10.00. The van der Waals surface area contributed by atoms with Crippen LogP contribution in [0.3, 0.4) is 0 Å². The highest BCUT2D eigenvalue weighted by atomic mass is 19.4. The van der Waals surface area contributed by atoms with E-state index in [-0.39, 0.29) is 6.54 Å². The van der Waals surface area contributed by atoms with Gasteiger partial charge in [-0.1, -0.05) is 18.2 Å². The first kappa shape index (κ1) is 15.5. The van der Waals surface area contributed by atoms with E-state index in [1.807, 2.05) is 0 Å². The van der Waals surface area contributed by atoms with Crippen LogP contribution in [0.1, 0.15) is 28.5 Å². The van der Waals surface area contributed by atoms with E-state index in [0.29, 0.717) is 13.0 Å². The van der Waals surface area contributed by atoms with Gasteiger partial charge in [0.2, 0.25) is 0 Å². The summed E-state index contributed by atoms with van der Waals surface area (Å²) >= 11 is 0. The quantitative estimate of drug-likeness (QED) is 0.888. The van der Waals surface area contributed by atoms with E-state index in [1.54, 1.807) is 6.20 Å². The highest BCUT2D eigenvalue weighted by Crippen LogP contribution is 2.35. The Hall–Kier alpha value is -2.35. The van der Waals surface area contributed by atoms with Crippen LogP contribution >= 0.6 is 0 Å². The van der Waals surface area contributed by atoms with Gasteiger partial charge in [-0.3, -0.25) is 9.89 Å². The average Bonchev–Trinajstić information content (AvgIpc) is 3.00. The molecule has 0 saturated heterocycles. The number of nitrogens with zero attached hydrogens (tertiary/aromatic N) is 2. The molecule has 1 aromatic carbocycles. The number of H-pyrrole nitrogens is 1. The molecule has 1 amide bonds. The van der Waals surface area contributed by atoms with Gasteiger partial charge in [0.25, 0.3) is 5.91 Å². The molecule has 1 aromatic heterocycles. The molecule has 1 aliphatic heterocycles. The van der Waals surface area contributed by atoms with Crippen molar-refractivity contribution in [2.75, 3.05) is 6.54 Å². The van der Waals surface area contributed by atoms with Gasteiger partial charge < -0.3 is 10.0 Å². The third kappa shape index (κ3) is 2.94. The Kier molecular flexibility index (Phi) is 3.85. The molecule has 2 N–H and O–H groups in total. The van der Waals surface area contributed by atoms with Crippen LogP contribution in [0.25, 0.3) is 0 Å². The first-order chi connectivity index (χ1) is 10.9. The number of carbonyl (C=O) groups excluding carboxylic acids is 1. The normalized spacial score (nSPS) is 16.1. The summed E-state index contributed by atoms with van der Waals surface area (Å²) in [5.74, 6) is -0.742. The Morgan fingerprint density at radius 3 is 2.83 bits per heavy atom. The van der Waals surface area contributed by atoms with Crippen LogP contribution in [0.15, 0.2) is 30.5 Å². The molecule has 1 atom stereocenters. The minimum absolute atomic E-state index is 0.218. The largest absolute Gasteiger partial charge is 0.416 e. The number of hydrogen-bond acceptors (Lipinski definition) is 3. The van der Waals surface area contributed by atoms with Crippen molar-refractivity contribution in [3.63, 3.8) is 0 Å². The first-order valence-electron chi connectivity index (χ1n) is 7.02. The van der Waals surface area contributed by atoms with E-state index in [9.17, 15) is 23.1 Å². The molecule has 0 aliphatic carbocycles. The number of aliphatic hydroxyl groups excluding tert-OH is 1. The van der Waals surface area contributed by atoms with Crippen molar-refractivity contribution in [2.45, 2.75) is 25.2 Å². The third-order valence-electron chi connectivity index (χ3n) is 3.91. The highest BCUT2D eigenvalue weighted by molar-refractivity contribution is 5.82. The molecule has 1 aliphatic rings. The van der Waals surface area contributed by atoms with Gasteiger partial charge in [-0.2, -0.15) is 18.3 Å². The molecule has 0 fully saturated rings. The number of halogens is 3. The molecule has 3 rings (SSSR count). The Morgan fingerprint density at radius 2 is 2.09 bits per heavy atom. The lowest BCUT2D eigenvalue weighted by Gasteiger charge is -2.29. The van der Waals surface area contributed by atoms with Crippen LogP contribution in [0.5, 0.6) is 0 Å². The summed E-state index contributed by atoms with van der Waals surface area (Å²) < 4.78 is 39.1. The zero-order chi connectivity index (χ0) is 16.6. The lowest BCUT2D eigenvalue weighted by molar-refractivity contribution is -0.145. The van der Waals surface area contributed by atoms with Gasteiger partial charge in [-0.05, 0) is 6.07 Å². The Balaban J connectivity index is 1.84. The summed E-state index contributed by atoms with van der Waals surface area (Å²) in [5, 5.41) is 16.8. The van der Waals surface area contributed by atoms with Crippen molar-refractivity contribution >= 4 is 5.91 Å². The van der Waals surface area contributed by atoms with Crippen molar-refractivity contribution in [3.05, 3.63) is 52.8 Å². The number of nitrogens with one attached hydrogen (secondary N) is 1. The summed E-state index contributed by atoms with van der Waals surface area (Å²) in [6.45, 7) is 0.537. The topological polar surface area (TPSA) is 69.2 Å². The van der Waals surface area contributed by atoms with Crippen molar-refractivity contribution in [3.8, 4) is 0 Å². The second kappa shape index (κ2) is 5.69. The number of hydrogen-bond donors (Lipinski definition) is 2. The number of aliphatic hydroxyl groups is 1. The standard InChI is InChI=1S/C15H14F3N3O2/c16-15(17,18)11-4-2-1-3-10(11)13(22)14(23)21-6-5-12-9(8-21)7-19-20-12/h1-4,7,13,22H,5-6,8H2,(H,19,20). The Bertz CT molecular complexity index is 727. The van der Waals surface area contributed by atoms with Crippen LogP contribution in [0, 0.1) is 0 Å². The fraction of sp³-hybridized carbons (Fsp3) is 0.333. The Labute approximate surface area is 129 Å². The summed E-state index contributed by atoms with van der Waals surface area (Å²) in [5.41, 5.74) is 0.282. The van der Waals surface area contributed by atoms with Crippen LogP contribution in [-0.2, 0) is 23.9 Å².